The summed E-state index contributed by atoms with van der Waals surface area (Å²) < 4.78 is 30.5. The minimum Gasteiger partial charge on any atom is -0.497 e. The number of hydrogen-bond acceptors (Lipinski definition) is 4. The van der Waals surface area contributed by atoms with Crippen LogP contribution in [-0.2, 0) is 14.8 Å². The molecule has 0 unspecified atom stereocenters. The van der Waals surface area contributed by atoms with Crippen molar-refractivity contribution in [1.29, 1.82) is 0 Å². The Labute approximate surface area is 154 Å². The maximum Gasteiger partial charge on any atom is 0.241 e. The summed E-state index contributed by atoms with van der Waals surface area (Å²) in [5.74, 6) is 0.357. The molecule has 0 aliphatic carbocycles. The van der Waals surface area contributed by atoms with Gasteiger partial charge in [-0.2, -0.15) is 0 Å². The van der Waals surface area contributed by atoms with Gasteiger partial charge < -0.3 is 10.1 Å². The van der Waals surface area contributed by atoms with E-state index < -0.39 is 10.0 Å². The zero-order valence-corrected chi connectivity index (χ0v) is 16.2. The summed E-state index contributed by atoms with van der Waals surface area (Å²) in [6.07, 6.45) is 1.09. The van der Waals surface area contributed by atoms with Crippen LogP contribution in [-0.4, -0.2) is 34.2 Å². The summed E-state index contributed by atoms with van der Waals surface area (Å²) in [7, 11) is -1.99. The summed E-state index contributed by atoms with van der Waals surface area (Å²) in [6.45, 7) is 3.44. The van der Waals surface area contributed by atoms with E-state index in [2.05, 4.69) is 5.32 Å². The first kappa shape index (κ1) is 19.8. The van der Waals surface area contributed by atoms with Crippen LogP contribution in [0.2, 0.25) is 0 Å². The lowest BCUT2D eigenvalue weighted by Gasteiger charge is -2.23. The zero-order valence-electron chi connectivity index (χ0n) is 15.4. The van der Waals surface area contributed by atoms with E-state index in [9.17, 15) is 13.2 Å². The van der Waals surface area contributed by atoms with Gasteiger partial charge in [-0.15, -0.1) is 0 Å². The molecular weight excluding hydrogens is 352 g/mol. The van der Waals surface area contributed by atoms with Crippen LogP contribution in [0.4, 0.5) is 5.69 Å². The number of carbonyl (C=O) groups excluding carboxylic acids is 1. The molecule has 0 saturated carbocycles. The third-order valence-corrected chi connectivity index (χ3v) is 5.11. The average Bonchev–Trinajstić information content (AvgIpc) is 2.58. The van der Waals surface area contributed by atoms with Crippen LogP contribution in [0.3, 0.4) is 0 Å². The molecule has 0 bridgehead atoms. The summed E-state index contributed by atoms with van der Waals surface area (Å²) in [5, 5.41) is 2.83. The molecule has 0 aromatic heterocycles. The van der Waals surface area contributed by atoms with E-state index >= 15 is 0 Å². The molecule has 1 amide bonds. The molecule has 0 heterocycles. The number of hydrogen-bond donors (Lipinski definition) is 1. The van der Waals surface area contributed by atoms with Crippen LogP contribution in [0.1, 0.15) is 24.1 Å². The van der Waals surface area contributed by atoms with Crippen LogP contribution >= 0.6 is 0 Å². The van der Waals surface area contributed by atoms with Crippen molar-refractivity contribution >= 4 is 21.6 Å². The molecule has 0 saturated heterocycles. The van der Waals surface area contributed by atoms with Crippen molar-refractivity contribution in [3.63, 3.8) is 0 Å². The number of benzene rings is 2. The number of amides is 1. The standard InChI is InChI=1S/C19H24N2O4S/c1-14-6-5-7-17(12-14)21(26(4,23)24)13-19(22)20-15(2)16-8-10-18(25-3)11-9-16/h5-12,15H,13H2,1-4H3,(H,20,22)/t15-/m1/s1. The molecule has 0 aliphatic heterocycles. The first-order valence-electron chi connectivity index (χ1n) is 8.18. The number of sulfonamides is 1. The highest BCUT2D eigenvalue weighted by Gasteiger charge is 2.22. The van der Waals surface area contributed by atoms with Gasteiger partial charge in [0.2, 0.25) is 15.9 Å². The Hall–Kier alpha value is -2.54. The number of nitrogens with zero attached hydrogens (tertiary/aromatic N) is 1. The maximum absolute atomic E-state index is 12.4. The van der Waals surface area contributed by atoms with Gasteiger partial charge in [-0.05, 0) is 49.2 Å². The van der Waals surface area contributed by atoms with E-state index in [0.29, 0.717) is 5.69 Å². The maximum atomic E-state index is 12.4. The van der Waals surface area contributed by atoms with Gasteiger partial charge in [-0.25, -0.2) is 8.42 Å². The van der Waals surface area contributed by atoms with Crippen molar-refractivity contribution in [2.45, 2.75) is 19.9 Å². The summed E-state index contributed by atoms with van der Waals surface area (Å²) in [5.41, 5.74) is 2.29. The molecule has 7 heteroatoms. The normalized spacial score (nSPS) is 12.3. The average molecular weight is 376 g/mol. The second kappa shape index (κ2) is 8.23. The van der Waals surface area contributed by atoms with Crippen molar-refractivity contribution in [1.82, 2.24) is 5.32 Å². The second-order valence-corrected chi connectivity index (χ2v) is 8.08. The molecule has 6 nitrogen and oxygen atoms in total. The second-order valence-electron chi connectivity index (χ2n) is 6.17. The molecule has 140 valence electrons. The van der Waals surface area contributed by atoms with Gasteiger partial charge >= 0.3 is 0 Å². The molecule has 1 N–H and O–H groups in total. The van der Waals surface area contributed by atoms with Crippen LogP contribution in [0, 0.1) is 6.92 Å². The van der Waals surface area contributed by atoms with E-state index in [1.807, 2.05) is 44.2 Å². The number of anilines is 1. The summed E-state index contributed by atoms with van der Waals surface area (Å²) in [6, 6.07) is 14.1. The lowest BCUT2D eigenvalue weighted by atomic mass is 10.1. The van der Waals surface area contributed by atoms with Crippen molar-refractivity contribution < 1.29 is 17.9 Å². The fourth-order valence-corrected chi connectivity index (χ4v) is 3.42. The molecule has 0 fully saturated rings. The fourth-order valence-electron chi connectivity index (χ4n) is 2.58. The Kier molecular flexibility index (Phi) is 6.26. The molecule has 26 heavy (non-hydrogen) atoms. The minimum absolute atomic E-state index is 0.257. The molecule has 2 aromatic rings. The quantitative estimate of drug-likeness (QED) is 0.806. The largest absolute Gasteiger partial charge is 0.497 e. The topological polar surface area (TPSA) is 75.7 Å². The highest BCUT2D eigenvalue weighted by Crippen LogP contribution is 2.20. The van der Waals surface area contributed by atoms with Gasteiger partial charge in [0.05, 0.1) is 25.1 Å². The smallest absolute Gasteiger partial charge is 0.241 e. The number of ether oxygens (including phenoxy) is 1. The fraction of sp³-hybridized carbons (Fsp3) is 0.316. The highest BCUT2D eigenvalue weighted by atomic mass is 32.2. The SMILES string of the molecule is COc1ccc([C@@H](C)NC(=O)CN(c2cccc(C)c2)S(C)(=O)=O)cc1. The number of rotatable bonds is 7. The predicted molar refractivity (Wildman–Crippen MR) is 103 cm³/mol. The molecule has 2 rings (SSSR count). The number of methoxy groups -OCH3 is 1. The number of nitrogens with one attached hydrogen (secondary N) is 1. The van der Waals surface area contributed by atoms with Crippen molar-refractivity contribution in [2.24, 2.45) is 0 Å². The van der Waals surface area contributed by atoms with Gasteiger partial charge in [0, 0.05) is 0 Å². The molecular formula is C19H24N2O4S. The highest BCUT2D eigenvalue weighted by molar-refractivity contribution is 7.92. The Morgan fingerprint density at radius 1 is 1.19 bits per heavy atom. The first-order chi connectivity index (χ1) is 12.2. The lowest BCUT2D eigenvalue weighted by Crippen LogP contribution is -2.41. The van der Waals surface area contributed by atoms with E-state index in [1.54, 1.807) is 25.3 Å². The minimum atomic E-state index is -3.58. The Balaban J connectivity index is 2.11. The van der Waals surface area contributed by atoms with Crippen LogP contribution in [0.25, 0.3) is 0 Å². The van der Waals surface area contributed by atoms with Crippen LogP contribution in [0.5, 0.6) is 5.75 Å². The summed E-state index contributed by atoms with van der Waals surface area (Å²) in [4.78, 5) is 12.4. The van der Waals surface area contributed by atoms with Gasteiger partial charge in [0.15, 0.2) is 0 Å². The number of aryl methyl sites for hydroxylation is 1. The Morgan fingerprint density at radius 2 is 1.85 bits per heavy atom. The van der Waals surface area contributed by atoms with Crippen molar-refractivity contribution in [3.8, 4) is 5.75 Å². The molecule has 1 atom stereocenters. The predicted octanol–water partition coefficient (Wildman–Crippen LogP) is 2.65. The van der Waals surface area contributed by atoms with Gasteiger partial charge in [0.1, 0.15) is 12.3 Å². The monoisotopic (exact) mass is 376 g/mol. The van der Waals surface area contributed by atoms with Gasteiger partial charge in [-0.3, -0.25) is 9.10 Å². The third-order valence-electron chi connectivity index (χ3n) is 3.97. The molecule has 2 aromatic carbocycles. The van der Waals surface area contributed by atoms with Crippen molar-refractivity contribution in [2.75, 3.05) is 24.2 Å². The van der Waals surface area contributed by atoms with E-state index in [0.717, 1.165) is 27.4 Å². The van der Waals surface area contributed by atoms with Crippen molar-refractivity contribution in [3.05, 3.63) is 59.7 Å². The Morgan fingerprint density at radius 3 is 2.38 bits per heavy atom. The van der Waals surface area contributed by atoms with E-state index in [-0.39, 0.29) is 18.5 Å². The number of carbonyl (C=O) groups is 1. The Bertz CT molecular complexity index is 863. The van der Waals surface area contributed by atoms with Gasteiger partial charge in [-0.1, -0.05) is 24.3 Å². The summed E-state index contributed by atoms with van der Waals surface area (Å²) >= 11 is 0. The van der Waals surface area contributed by atoms with Gasteiger partial charge in [0.25, 0.3) is 0 Å². The lowest BCUT2D eigenvalue weighted by molar-refractivity contribution is -0.120. The molecule has 0 spiro atoms. The molecule has 0 radical (unpaired) electrons. The van der Waals surface area contributed by atoms with E-state index in [4.69, 9.17) is 4.74 Å². The van der Waals surface area contributed by atoms with Crippen LogP contribution in [0.15, 0.2) is 48.5 Å². The molecule has 0 aliphatic rings. The first-order valence-corrected chi connectivity index (χ1v) is 10.0. The van der Waals surface area contributed by atoms with Crippen LogP contribution < -0.4 is 14.4 Å². The zero-order chi connectivity index (χ0) is 19.3. The van der Waals surface area contributed by atoms with E-state index in [1.165, 1.54) is 0 Å². The third kappa shape index (κ3) is 5.23.